The fourth-order valence-corrected chi connectivity index (χ4v) is 3.88. The van der Waals surface area contributed by atoms with Crippen LogP contribution in [0.4, 0.5) is 17.6 Å². The van der Waals surface area contributed by atoms with Crippen LogP contribution >= 0.6 is 0 Å². The van der Waals surface area contributed by atoms with Crippen LogP contribution in [-0.4, -0.2) is 29.9 Å². The molecule has 6 nitrogen and oxygen atoms in total. The van der Waals surface area contributed by atoms with Gasteiger partial charge in [0.25, 0.3) is 0 Å². The Bertz CT molecular complexity index is 1340. The van der Waals surface area contributed by atoms with E-state index in [9.17, 15) is 26.0 Å². The highest BCUT2D eigenvalue weighted by molar-refractivity contribution is 7.90. The van der Waals surface area contributed by atoms with Gasteiger partial charge in [0, 0.05) is 22.9 Å². The highest BCUT2D eigenvalue weighted by atomic mass is 32.2. The zero-order valence-electron chi connectivity index (χ0n) is 15.7. The molecule has 0 radical (unpaired) electrons. The van der Waals surface area contributed by atoms with Crippen molar-refractivity contribution in [3.8, 4) is 33.6 Å². The summed E-state index contributed by atoms with van der Waals surface area (Å²) in [6.45, 7) is 0. The third kappa shape index (κ3) is 3.96. The van der Waals surface area contributed by atoms with Gasteiger partial charge in [-0.3, -0.25) is 5.10 Å². The maximum atomic E-state index is 14.4. The van der Waals surface area contributed by atoms with Crippen molar-refractivity contribution in [3.63, 3.8) is 0 Å². The number of H-pyrrole nitrogens is 1. The van der Waals surface area contributed by atoms with E-state index in [0.717, 1.165) is 24.5 Å². The van der Waals surface area contributed by atoms with E-state index >= 15 is 0 Å². The van der Waals surface area contributed by atoms with Gasteiger partial charge < -0.3 is 4.42 Å². The first-order valence-electron chi connectivity index (χ1n) is 8.70. The summed E-state index contributed by atoms with van der Waals surface area (Å²) < 4.78 is 83.4. The molecule has 160 valence electrons. The van der Waals surface area contributed by atoms with Crippen LogP contribution in [-0.2, 0) is 16.0 Å². The molecule has 1 N–H and O–H groups in total. The number of rotatable bonds is 4. The van der Waals surface area contributed by atoms with E-state index in [-0.39, 0.29) is 16.8 Å². The number of nitrogens with one attached hydrogen (secondary N) is 1. The van der Waals surface area contributed by atoms with Gasteiger partial charge in [-0.05, 0) is 17.7 Å². The van der Waals surface area contributed by atoms with Crippen LogP contribution in [0.1, 0.15) is 5.69 Å². The van der Waals surface area contributed by atoms with Gasteiger partial charge in [-0.2, -0.15) is 18.3 Å². The van der Waals surface area contributed by atoms with E-state index in [1.165, 1.54) is 12.7 Å². The molecule has 4 aromatic rings. The van der Waals surface area contributed by atoms with Crippen LogP contribution in [0.15, 0.2) is 64.4 Å². The Balaban J connectivity index is 1.86. The standard InChI is InChI=1S/C20H13F4N3O3S/c1-31(28,29)16-7-6-13(8-14(16)21)17-18(26-27-19(17)20(22,23)24)12-4-2-11(3-5-12)15-9-30-10-25-15/h2-10H,1H3,(H,26,27). The van der Waals surface area contributed by atoms with Gasteiger partial charge >= 0.3 is 6.18 Å². The number of halogens is 4. The van der Waals surface area contributed by atoms with Gasteiger partial charge in [0.05, 0.1) is 0 Å². The number of oxazole rings is 1. The largest absolute Gasteiger partial charge is 0.451 e. The summed E-state index contributed by atoms with van der Waals surface area (Å²) in [5, 5.41) is 5.78. The summed E-state index contributed by atoms with van der Waals surface area (Å²) in [6, 6.07) is 9.16. The Hall–Kier alpha value is -3.47. The lowest BCUT2D eigenvalue weighted by atomic mass is 9.97. The SMILES string of the molecule is CS(=O)(=O)c1ccc(-c2c(-c3ccc(-c4cocn4)cc3)n[nH]c2C(F)(F)F)cc1F. The van der Waals surface area contributed by atoms with Crippen LogP contribution in [0.3, 0.4) is 0 Å². The predicted octanol–water partition coefficient (Wildman–Crippen LogP) is 4.96. The lowest BCUT2D eigenvalue weighted by Gasteiger charge is -2.11. The number of benzene rings is 2. The summed E-state index contributed by atoms with van der Waals surface area (Å²) in [6.07, 6.45) is -1.32. The minimum absolute atomic E-state index is 0.0643. The van der Waals surface area contributed by atoms with Gasteiger partial charge in [0.2, 0.25) is 0 Å². The van der Waals surface area contributed by atoms with Crippen LogP contribution in [0.2, 0.25) is 0 Å². The van der Waals surface area contributed by atoms with E-state index in [1.807, 2.05) is 5.10 Å². The lowest BCUT2D eigenvalue weighted by Crippen LogP contribution is -2.08. The van der Waals surface area contributed by atoms with Crippen LogP contribution in [0, 0.1) is 5.82 Å². The summed E-state index contributed by atoms with van der Waals surface area (Å²) in [7, 11) is -3.88. The Morgan fingerprint density at radius 2 is 1.65 bits per heavy atom. The molecule has 4 rings (SSSR count). The van der Waals surface area contributed by atoms with Crippen molar-refractivity contribution in [2.75, 3.05) is 6.26 Å². The number of aromatic nitrogens is 3. The van der Waals surface area contributed by atoms with Crippen molar-refractivity contribution in [2.45, 2.75) is 11.1 Å². The van der Waals surface area contributed by atoms with E-state index in [1.54, 1.807) is 24.3 Å². The molecule has 31 heavy (non-hydrogen) atoms. The van der Waals surface area contributed by atoms with Gasteiger partial charge in [-0.25, -0.2) is 17.8 Å². The third-order valence-electron chi connectivity index (χ3n) is 4.56. The van der Waals surface area contributed by atoms with Gasteiger partial charge in [-0.15, -0.1) is 0 Å². The Kier molecular flexibility index (Phi) is 4.92. The monoisotopic (exact) mass is 451 g/mol. The topological polar surface area (TPSA) is 88.8 Å². The van der Waals surface area contributed by atoms with Gasteiger partial charge in [0.15, 0.2) is 16.2 Å². The van der Waals surface area contributed by atoms with Crippen molar-refractivity contribution in [2.24, 2.45) is 0 Å². The number of sulfone groups is 1. The number of hydrogen-bond acceptors (Lipinski definition) is 5. The maximum Gasteiger partial charge on any atom is 0.433 e. The predicted molar refractivity (Wildman–Crippen MR) is 103 cm³/mol. The molecular weight excluding hydrogens is 438 g/mol. The molecule has 0 fully saturated rings. The molecule has 0 saturated carbocycles. The minimum atomic E-state index is -4.80. The smallest absolute Gasteiger partial charge is 0.433 e. The van der Waals surface area contributed by atoms with Crippen LogP contribution in [0.5, 0.6) is 0 Å². The number of aromatic amines is 1. The second kappa shape index (κ2) is 7.34. The number of alkyl halides is 3. The summed E-state index contributed by atoms with van der Waals surface area (Å²) in [5.74, 6) is -1.15. The Morgan fingerprint density at radius 1 is 1.00 bits per heavy atom. The fourth-order valence-electron chi connectivity index (χ4n) is 3.15. The quantitative estimate of drug-likeness (QED) is 0.443. The van der Waals surface area contributed by atoms with Crippen molar-refractivity contribution >= 4 is 9.84 Å². The average Bonchev–Trinajstić information content (AvgIpc) is 3.37. The van der Waals surface area contributed by atoms with Crippen molar-refractivity contribution in [1.82, 2.24) is 15.2 Å². The molecule has 0 bridgehead atoms. The first-order chi connectivity index (χ1) is 14.6. The highest BCUT2D eigenvalue weighted by Gasteiger charge is 2.38. The van der Waals surface area contributed by atoms with Gasteiger partial charge in [-0.1, -0.05) is 30.3 Å². The van der Waals surface area contributed by atoms with E-state index in [4.69, 9.17) is 4.42 Å². The first-order valence-corrected chi connectivity index (χ1v) is 10.6. The molecule has 0 atom stereocenters. The summed E-state index contributed by atoms with van der Waals surface area (Å²) in [5.41, 5.74) is -0.235. The van der Waals surface area contributed by atoms with Crippen molar-refractivity contribution < 1.29 is 30.4 Å². The van der Waals surface area contributed by atoms with Crippen molar-refractivity contribution in [1.29, 1.82) is 0 Å². The number of nitrogens with zero attached hydrogens (tertiary/aromatic N) is 2. The second-order valence-corrected chi connectivity index (χ2v) is 8.67. The van der Waals surface area contributed by atoms with Crippen LogP contribution in [0.25, 0.3) is 33.6 Å². The van der Waals surface area contributed by atoms with Crippen molar-refractivity contribution in [3.05, 3.63) is 66.6 Å². The molecule has 0 aliphatic carbocycles. The molecule has 0 saturated heterocycles. The first kappa shape index (κ1) is 20.8. The van der Waals surface area contributed by atoms with Crippen LogP contribution < -0.4 is 0 Å². The van der Waals surface area contributed by atoms with E-state index in [0.29, 0.717) is 16.8 Å². The third-order valence-corrected chi connectivity index (χ3v) is 5.69. The minimum Gasteiger partial charge on any atom is -0.451 e. The van der Waals surface area contributed by atoms with E-state index in [2.05, 4.69) is 10.1 Å². The molecule has 0 amide bonds. The summed E-state index contributed by atoms with van der Waals surface area (Å²) in [4.78, 5) is 3.40. The highest BCUT2D eigenvalue weighted by Crippen LogP contribution is 2.41. The Labute approximate surface area is 173 Å². The Morgan fingerprint density at radius 3 is 2.19 bits per heavy atom. The molecule has 11 heteroatoms. The fraction of sp³-hybridized carbons (Fsp3) is 0.100. The molecule has 2 aromatic heterocycles. The zero-order chi connectivity index (χ0) is 22.4. The average molecular weight is 451 g/mol. The second-order valence-electron chi connectivity index (χ2n) is 6.69. The molecule has 0 unspecified atom stereocenters. The normalized spacial score (nSPS) is 12.3. The maximum absolute atomic E-state index is 14.4. The molecule has 2 aromatic carbocycles. The molecule has 2 heterocycles. The molecule has 0 aliphatic heterocycles. The number of hydrogen-bond donors (Lipinski definition) is 1. The molecule has 0 aliphatic rings. The summed E-state index contributed by atoms with van der Waals surface area (Å²) >= 11 is 0. The van der Waals surface area contributed by atoms with Gasteiger partial charge in [0.1, 0.15) is 34.1 Å². The lowest BCUT2D eigenvalue weighted by molar-refractivity contribution is -0.140. The van der Waals surface area contributed by atoms with E-state index < -0.39 is 32.4 Å². The molecule has 0 spiro atoms. The molecular formula is C20H13F4N3O3S. The zero-order valence-corrected chi connectivity index (χ0v) is 16.6.